The van der Waals surface area contributed by atoms with Crippen molar-refractivity contribution >= 4 is 107 Å². The van der Waals surface area contributed by atoms with E-state index in [1.54, 1.807) is 22.7 Å². The summed E-state index contributed by atoms with van der Waals surface area (Å²) >= 11 is 7.19. The van der Waals surface area contributed by atoms with Crippen LogP contribution >= 0.6 is 45.3 Å². The fraction of sp³-hybridized carbons (Fsp3) is 0.240. The number of rotatable bonds is 6. The molecular weight excluding hydrogens is 773 g/mol. The molecule has 0 unspecified atom stereocenters. The molecule has 0 atom stereocenters. The summed E-state index contributed by atoms with van der Waals surface area (Å²) in [6.07, 6.45) is 6.04. The molecule has 57 heavy (non-hydrogen) atoms. The molecule has 0 saturated carbocycles. The lowest BCUT2D eigenvalue weighted by molar-refractivity contribution is 0.411. The first-order chi connectivity index (χ1) is 27.2. The third-order valence-electron chi connectivity index (χ3n) is 10.7. The molecule has 10 rings (SSSR count). The van der Waals surface area contributed by atoms with Crippen LogP contribution in [0.4, 0.5) is 0 Å². The van der Waals surface area contributed by atoms with E-state index in [-0.39, 0.29) is 10.8 Å². The number of fused-ring (bicyclic) bond motifs is 8. The van der Waals surface area contributed by atoms with Crippen LogP contribution in [0.3, 0.4) is 0 Å². The average Bonchev–Trinajstić information content (AvgIpc) is 3.91. The summed E-state index contributed by atoms with van der Waals surface area (Å²) in [6.45, 7) is 18.1. The van der Waals surface area contributed by atoms with Gasteiger partial charge in [-0.3, -0.25) is 9.97 Å². The smallest absolute Gasteiger partial charge is 0.141 e. The van der Waals surface area contributed by atoms with E-state index in [9.17, 15) is 0 Å². The van der Waals surface area contributed by atoms with E-state index in [1.165, 1.54) is 73.0 Å². The first-order valence-electron chi connectivity index (χ1n) is 19.6. The quantitative estimate of drug-likeness (QED) is 0.168. The standard InChI is InChI=1S/C50H44N2OS4/c1-27-39(23-43(54-27)45-47-35(13-15-51-45)37-19-31-11-9-29(25-49(3,4)5)17-33(31)21-41(37)56-47)53-40-24-44(55-28(40)2)46-48-36(14-16-52-46)38-20-32-12-10-30(26-50(6,7)8)18-34(32)22-42(38)57-48/h9-24H,25-26H2,1-8H3. The minimum absolute atomic E-state index is 0.251. The Morgan fingerprint density at radius 3 is 1.33 bits per heavy atom. The Hall–Kier alpha value is -4.66. The number of aryl methyl sites for hydroxylation is 2. The Labute approximate surface area is 349 Å². The van der Waals surface area contributed by atoms with Gasteiger partial charge in [-0.15, -0.1) is 45.3 Å². The number of hydrogen-bond acceptors (Lipinski definition) is 7. The Bertz CT molecular complexity index is 3000. The van der Waals surface area contributed by atoms with Crippen molar-refractivity contribution in [2.75, 3.05) is 0 Å². The largest absolute Gasteiger partial charge is 0.455 e. The molecule has 0 radical (unpaired) electrons. The minimum atomic E-state index is 0.251. The van der Waals surface area contributed by atoms with Crippen LogP contribution in [0.5, 0.6) is 11.5 Å². The molecular formula is C50H44N2OS4. The summed E-state index contributed by atoms with van der Waals surface area (Å²) in [5, 5.41) is 10.3. The second-order valence-electron chi connectivity index (χ2n) is 18.0. The molecule has 4 aromatic carbocycles. The van der Waals surface area contributed by atoms with Crippen LogP contribution in [0.1, 0.15) is 62.4 Å². The molecule has 0 aliphatic carbocycles. The SMILES string of the molecule is Cc1sc(-c2nccc3c2sc2cc4cc(CC(C)(C)C)ccc4cc23)cc1Oc1cc(-c2nccc3c2sc2cc4cc(CC(C)(C)C)ccc4cc23)sc1C. The second kappa shape index (κ2) is 13.5. The summed E-state index contributed by atoms with van der Waals surface area (Å²) in [4.78, 5) is 14.4. The van der Waals surface area contributed by atoms with Crippen LogP contribution in [-0.4, -0.2) is 9.97 Å². The zero-order valence-corrected chi connectivity index (χ0v) is 36.9. The fourth-order valence-electron chi connectivity index (χ4n) is 8.27. The first-order valence-corrected chi connectivity index (χ1v) is 22.9. The molecule has 284 valence electrons. The molecule has 0 saturated heterocycles. The predicted octanol–water partition coefficient (Wildman–Crippen LogP) is 16.6. The molecule has 0 N–H and O–H groups in total. The summed E-state index contributed by atoms with van der Waals surface area (Å²) < 4.78 is 11.8. The predicted molar refractivity (Wildman–Crippen MR) is 252 cm³/mol. The number of benzene rings is 4. The Morgan fingerprint density at radius 2 is 0.912 bits per heavy atom. The summed E-state index contributed by atoms with van der Waals surface area (Å²) in [7, 11) is 0. The van der Waals surface area contributed by atoms with Crippen molar-refractivity contribution in [2.24, 2.45) is 10.8 Å². The molecule has 3 nitrogen and oxygen atoms in total. The lowest BCUT2D eigenvalue weighted by atomic mass is 9.87. The zero-order chi connectivity index (χ0) is 39.4. The van der Waals surface area contributed by atoms with Gasteiger partial charge in [-0.2, -0.15) is 0 Å². The fourth-order valence-corrected chi connectivity index (χ4v) is 12.8. The van der Waals surface area contributed by atoms with Gasteiger partial charge in [-0.25, -0.2) is 0 Å². The van der Waals surface area contributed by atoms with E-state index in [0.717, 1.165) is 55.2 Å². The third kappa shape index (κ3) is 6.82. The number of thiophene rings is 4. The maximum Gasteiger partial charge on any atom is 0.141 e. The van der Waals surface area contributed by atoms with Crippen LogP contribution in [-0.2, 0) is 12.8 Å². The number of aromatic nitrogens is 2. The summed E-state index contributed by atoms with van der Waals surface area (Å²) in [5.74, 6) is 1.76. The van der Waals surface area contributed by atoms with Crippen LogP contribution in [0.25, 0.3) is 83.0 Å². The van der Waals surface area contributed by atoms with Crippen LogP contribution in [0, 0.1) is 24.7 Å². The molecule has 0 spiro atoms. The Kier molecular flexibility index (Phi) is 8.65. The van der Waals surface area contributed by atoms with E-state index < -0.39 is 0 Å². The zero-order valence-electron chi connectivity index (χ0n) is 33.6. The normalized spacial score (nSPS) is 12.7. The van der Waals surface area contributed by atoms with Crippen molar-refractivity contribution < 1.29 is 4.74 Å². The van der Waals surface area contributed by atoms with Gasteiger partial charge in [0.1, 0.15) is 11.5 Å². The molecule has 6 heterocycles. The van der Waals surface area contributed by atoms with Gasteiger partial charge in [0.2, 0.25) is 0 Å². The van der Waals surface area contributed by atoms with E-state index in [1.807, 2.05) is 35.1 Å². The molecule has 0 aliphatic heterocycles. The monoisotopic (exact) mass is 816 g/mol. The average molecular weight is 817 g/mol. The number of pyridine rings is 2. The third-order valence-corrected chi connectivity index (χ3v) is 15.1. The van der Waals surface area contributed by atoms with Crippen molar-refractivity contribution in [1.29, 1.82) is 0 Å². The van der Waals surface area contributed by atoms with Crippen LogP contribution < -0.4 is 4.74 Å². The van der Waals surface area contributed by atoms with Crippen molar-refractivity contribution in [2.45, 2.75) is 68.2 Å². The van der Waals surface area contributed by atoms with Gasteiger partial charge in [-0.1, -0.05) is 77.9 Å². The first kappa shape index (κ1) is 36.7. The van der Waals surface area contributed by atoms with Crippen molar-refractivity contribution in [3.8, 4) is 32.6 Å². The van der Waals surface area contributed by atoms with Gasteiger partial charge in [0.05, 0.1) is 30.5 Å². The number of nitrogens with zero attached hydrogens (tertiary/aromatic N) is 2. The van der Waals surface area contributed by atoms with E-state index in [4.69, 9.17) is 14.7 Å². The van der Waals surface area contributed by atoms with Gasteiger partial charge >= 0.3 is 0 Å². The molecule has 10 aromatic rings. The lowest BCUT2D eigenvalue weighted by Crippen LogP contribution is -2.08. The van der Waals surface area contributed by atoms with Gasteiger partial charge < -0.3 is 4.74 Å². The Morgan fingerprint density at radius 1 is 0.474 bits per heavy atom. The van der Waals surface area contributed by atoms with Gasteiger partial charge in [0, 0.05) is 65.2 Å². The minimum Gasteiger partial charge on any atom is -0.455 e. The molecule has 6 aromatic heterocycles. The van der Waals surface area contributed by atoms with Crippen molar-refractivity contribution in [3.63, 3.8) is 0 Å². The summed E-state index contributed by atoms with van der Waals surface area (Å²) in [6, 6.07) is 32.1. The number of ether oxygens (including phenoxy) is 1. The van der Waals surface area contributed by atoms with E-state index in [0.29, 0.717) is 0 Å². The highest BCUT2D eigenvalue weighted by Gasteiger charge is 2.21. The van der Waals surface area contributed by atoms with Gasteiger partial charge in [0.15, 0.2) is 0 Å². The summed E-state index contributed by atoms with van der Waals surface area (Å²) in [5.41, 5.74) is 5.33. The molecule has 0 bridgehead atoms. The molecule has 0 amide bonds. The molecule has 0 aliphatic rings. The number of hydrogen-bond donors (Lipinski definition) is 0. The lowest BCUT2D eigenvalue weighted by Gasteiger charge is -2.18. The van der Waals surface area contributed by atoms with Gasteiger partial charge in [-0.05, 0) is 107 Å². The van der Waals surface area contributed by atoms with Gasteiger partial charge in [0.25, 0.3) is 0 Å². The molecule has 7 heteroatoms. The topological polar surface area (TPSA) is 35.0 Å². The van der Waals surface area contributed by atoms with E-state index in [2.05, 4.69) is 140 Å². The molecule has 0 fully saturated rings. The second-order valence-corrected chi connectivity index (χ2v) is 22.6. The van der Waals surface area contributed by atoms with E-state index >= 15 is 0 Å². The van der Waals surface area contributed by atoms with Crippen molar-refractivity contribution in [1.82, 2.24) is 9.97 Å². The highest BCUT2D eigenvalue weighted by atomic mass is 32.1. The highest BCUT2D eigenvalue weighted by Crippen LogP contribution is 2.48. The van der Waals surface area contributed by atoms with Crippen molar-refractivity contribution in [3.05, 3.63) is 118 Å². The van der Waals surface area contributed by atoms with Crippen LogP contribution in [0.2, 0.25) is 0 Å². The maximum atomic E-state index is 6.75. The highest BCUT2D eigenvalue weighted by molar-refractivity contribution is 7.27. The maximum absolute atomic E-state index is 6.75. The van der Waals surface area contributed by atoms with Crippen LogP contribution in [0.15, 0.2) is 97.3 Å². The Balaban J connectivity index is 0.972.